The number of benzene rings is 2. The summed E-state index contributed by atoms with van der Waals surface area (Å²) in [6.07, 6.45) is 0. The standard InChI is InChI=1S/C9H8ClIN2.C7H4ClIN2/c1-2-13-8-5-6(10)3-4-7(8)9(11)12-13;8-4-1-2-5-6(3-4)10-11-7(5)9/h3-5H,2H2,1H3;1-3H,(H,10,11). The van der Waals surface area contributed by atoms with Crippen LogP contribution in [0, 0.1) is 7.40 Å². The zero-order valence-electron chi connectivity index (χ0n) is 12.5. The minimum Gasteiger partial charge on any atom is -0.271 e. The lowest BCUT2D eigenvalue weighted by Gasteiger charge is -1.97. The van der Waals surface area contributed by atoms with Crippen molar-refractivity contribution in [2.45, 2.75) is 13.5 Å². The maximum Gasteiger partial charge on any atom is 0.131 e. The predicted molar refractivity (Wildman–Crippen MR) is 117 cm³/mol. The van der Waals surface area contributed by atoms with E-state index in [1.54, 1.807) is 0 Å². The third-order valence-electron chi connectivity index (χ3n) is 3.44. The molecule has 2 aromatic carbocycles. The lowest BCUT2D eigenvalue weighted by molar-refractivity contribution is 0.678. The van der Waals surface area contributed by atoms with E-state index in [1.807, 2.05) is 41.1 Å². The van der Waals surface area contributed by atoms with Crippen LogP contribution in [0.3, 0.4) is 0 Å². The van der Waals surface area contributed by atoms with Crippen molar-refractivity contribution in [1.29, 1.82) is 0 Å². The molecular weight excluding hydrogens is 573 g/mol. The fraction of sp³-hybridized carbons (Fsp3) is 0.125. The number of nitrogens with one attached hydrogen (secondary N) is 1. The first-order chi connectivity index (χ1) is 11.5. The first-order valence-corrected chi connectivity index (χ1v) is 10.0. The Morgan fingerprint density at radius 2 is 1.71 bits per heavy atom. The second-order valence-electron chi connectivity index (χ2n) is 4.97. The van der Waals surface area contributed by atoms with Gasteiger partial charge in [-0.05, 0) is 88.5 Å². The highest BCUT2D eigenvalue weighted by Gasteiger charge is 2.06. The number of aromatic amines is 1. The quantitative estimate of drug-likeness (QED) is 0.274. The molecule has 2 heterocycles. The second-order valence-corrected chi connectivity index (χ2v) is 7.94. The van der Waals surface area contributed by atoms with Crippen LogP contribution in [0.2, 0.25) is 10.0 Å². The fourth-order valence-corrected chi connectivity index (χ4v) is 3.93. The van der Waals surface area contributed by atoms with E-state index >= 15 is 0 Å². The van der Waals surface area contributed by atoms with Crippen molar-refractivity contribution < 1.29 is 0 Å². The maximum atomic E-state index is 5.91. The summed E-state index contributed by atoms with van der Waals surface area (Å²) >= 11 is 16.1. The average Bonchev–Trinajstić information content (AvgIpc) is 3.08. The molecule has 0 aliphatic heterocycles. The summed E-state index contributed by atoms with van der Waals surface area (Å²) in [4.78, 5) is 0. The van der Waals surface area contributed by atoms with Gasteiger partial charge in [0.05, 0.1) is 11.0 Å². The van der Waals surface area contributed by atoms with Gasteiger partial charge in [-0.2, -0.15) is 10.2 Å². The summed E-state index contributed by atoms with van der Waals surface area (Å²) in [6.45, 7) is 2.95. The van der Waals surface area contributed by atoms with Crippen molar-refractivity contribution >= 4 is 90.2 Å². The Labute approximate surface area is 176 Å². The van der Waals surface area contributed by atoms with Gasteiger partial charge in [0.25, 0.3) is 0 Å². The highest BCUT2D eigenvalue weighted by Crippen LogP contribution is 2.23. The fourth-order valence-electron chi connectivity index (χ4n) is 2.30. The van der Waals surface area contributed by atoms with Gasteiger partial charge in [-0.3, -0.25) is 9.78 Å². The molecule has 124 valence electrons. The number of aromatic nitrogens is 4. The van der Waals surface area contributed by atoms with Crippen molar-refractivity contribution in [1.82, 2.24) is 20.0 Å². The first-order valence-electron chi connectivity index (χ1n) is 7.10. The number of fused-ring (bicyclic) bond motifs is 2. The molecule has 24 heavy (non-hydrogen) atoms. The molecule has 0 amide bonds. The highest BCUT2D eigenvalue weighted by atomic mass is 127. The largest absolute Gasteiger partial charge is 0.271 e. The molecule has 0 bridgehead atoms. The van der Waals surface area contributed by atoms with Crippen LogP contribution in [0.25, 0.3) is 21.8 Å². The zero-order chi connectivity index (χ0) is 17.3. The minimum atomic E-state index is 0.723. The van der Waals surface area contributed by atoms with E-state index in [0.717, 1.165) is 40.4 Å². The molecule has 0 fully saturated rings. The van der Waals surface area contributed by atoms with Gasteiger partial charge >= 0.3 is 0 Å². The lowest BCUT2D eigenvalue weighted by Crippen LogP contribution is -1.95. The Morgan fingerprint density at radius 3 is 2.42 bits per heavy atom. The van der Waals surface area contributed by atoms with Crippen molar-refractivity contribution in [2.75, 3.05) is 0 Å². The molecule has 8 heteroatoms. The molecule has 0 aliphatic rings. The van der Waals surface area contributed by atoms with Crippen LogP contribution in [-0.2, 0) is 6.54 Å². The van der Waals surface area contributed by atoms with Gasteiger partial charge in [-0.1, -0.05) is 23.2 Å². The molecule has 0 aliphatic carbocycles. The van der Waals surface area contributed by atoms with Gasteiger partial charge in [0.2, 0.25) is 0 Å². The molecule has 0 unspecified atom stereocenters. The molecule has 0 saturated carbocycles. The van der Waals surface area contributed by atoms with Gasteiger partial charge in [-0.15, -0.1) is 0 Å². The van der Waals surface area contributed by atoms with E-state index in [4.69, 9.17) is 23.2 Å². The maximum absolute atomic E-state index is 5.91. The molecular formula is C16H12Cl2I2N4. The molecule has 0 radical (unpaired) electrons. The SMILES string of the molecule is CCn1nc(I)c2ccc(Cl)cc21.Clc1ccc2c(I)[nH]nc2c1. The molecule has 1 N–H and O–H groups in total. The van der Waals surface area contributed by atoms with Gasteiger partial charge in [0.15, 0.2) is 0 Å². The predicted octanol–water partition coefficient (Wildman–Crippen LogP) is 6.14. The number of hydrogen-bond donors (Lipinski definition) is 1. The van der Waals surface area contributed by atoms with Crippen molar-refractivity contribution in [3.8, 4) is 0 Å². The normalized spacial score (nSPS) is 10.9. The summed E-state index contributed by atoms with van der Waals surface area (Å²) in [7, 11) is 0. The van der Waals surface area contributed by atoms with E-state index < -0.39 is 0 Å². The van der Waals surface area contributed by atoms with Gasteiger partial charge in [-0.25, -0.2) is 0 Å². The van der Waals surface area contributed by atoms with Crippen LogP contribution in [-0.4, -0.2) is 20.0 Å². The number of halogens is 4. The molecule has 0 saturated heterocycles. The summed E-state index contributed by atoms with van der Waals surface area (Å²) < 4.78 is 4.04. The Hall–Kier alpha value is -0.580. The molecule has 2 aromatic heterocycles. The lowest BCUT2D eigenvalue weighted by atomic mass is 10.2. The number of hydrogen-bond acceptors (Lipinski definition) is 2. The molecule has 4 nitrogen and oxygen atoms in total. The number of H-pyrrole nitrogens is 1. The van der Waals surface area contributed by atoms with E-state index in [-0.39, 0.29) is 0 Å². The third kappa shape index (κ3) is 3.81. The van der Waals surface area contributed by atoms with Crippen LogP contribution < -0.4 is 0 Å². The summed E-state index contributed by atoms with van der Waals surface area (Å²) in [5, 5.41) is 15.1. The summed E-state index contributed by atoms with van der Waals surface area (Å²) in [6, 6.07) is 11.5. The summed E-state index contributed by atoms with van der Waals surface area (Å²) in [5.41, 5.74) is 2.03. The highest BCUT2D eigenvalue weighted by molar-refractivity contribution is 14.1. The third-order valence-corrected chi connectivity index (χ3v) is 5.53. The number of aryl methyl sites for hydroxylation is 1. The topological polar surface area (TPSA) is 46.5 Å². The van der Waals surface area contributed by atoms with Gasteiger partial charge in [0, 0.05) is 27.4 Å². The average molecular weight is 585 g/mol. The minimum absolute atomic E-state index is 0.723. The zero-order valence-corrected chi connectivity index (χ0v) is 18.4. The van der Waals surface area contributed by atoms with E-state index in [2.05, 4.69) is 67.4 Å². The van der Waals surface area contributed by atoms with Crippen molar-refractivity contribution in [3.05, 3.63) is 53.8 Å². The van der Waals surface area contributed by atoms with Crippen LogP contribution in [0.4, 0.5) is 0 Å². The van der Waals surface area contributed by atoms with Crippen LogP contribution in [0.15, 0.2) is 36.4 Å². The van der Waals surface area contributed by atoms with Gasteiger partial charge < -0.3 is 0 Å². The van der Waals surface area contributed by atoms with Crippen LogP contribution >= 0.6 is 68.4 Å². The first kappa shape index (κ1) is 18.2. The Kier molecular flexibility index (Phi) is 5.89. The Bertz CT molecular complexity index is 1010. The van der Waals surface area contributed by atoms with Crippen molar-refractivity contribution in [3.63, 3.8) is 0 Å². The number of rotatable bonds is 1. The van der Waals surface area contributed by atoms with E-state index in [0.29, 0.717) is 0 Å². The molecule has 4 aromatic rings. The van der Waals surface area contributed by atoms with E-state index in [9.17, 15) is 0 Å². The van der Waals surface area contributed by atoms with Crippen LogP contribution in [0.1, 0.15) is 6.92 Å². The summed E-state index contributed by atoms with van der Waals surface area (Å²) in [5.74, 6) is 0. The monoisotopic (exact) mass is 584 g/mol. The smallest absolute Gasteiger partial charge is 0.131 e. The van der Waals surface area contributed by atoms with E-state index in [1.165, 1.54) is 5.39 Å². The number of nitrogens with zero attached hydrogens (tertiary/aromatic N) is 3. The van der Waals surface area contributed by atoms with Gasteiger partial charge in [0.1, 0.15) is 7.40 Å². The Morgan fingerprint density at radius 1 is 1.04 bits per heavy atom. The molecule has 0 spiro atoms. The van der Waals surface area contributed by atoms with Crippen LogP contribution in [0.5, 0.6) is 0 Å². The Balaban J connectivity index is 0.000000143. The second kappa shape index (κ2) is 7.76. The molecule has 0 atom stereocenters. The van der Waals surface area contributed by atoms with Crippen molar-refractivity contribution in [2.24, 2.45) is 0 Å². The molecule has 4 rings (SSSR count).